The number of nitrogens with two attached hydrogens (primary N) is 1. The molecule has 0 heterocycles. The molecule has 0 spiro atoms. The number of carboxylic acid groups (broad SMARTS) is 1. The number of aliphatic carboxylic acids is 1. The number of carbonyl (C=O) groups is 6. The van der Waals surface area contributed by atoms with E-state index in [1.165, 1.54) is 6.92 Å². The van der Waals surface area contributed by atoms with Gasteiger partial charge in [-0.1, -0.05) is 0 Å². The molecule has 0 aliphatic carbocycles. The number of aliphatic hydroxyl groups is 3. The van der Waals surface area contributed by atoms with E-state index < -0.39 is 85.7 Å². The van der Waals surface area contributed by atoms with Crippen LogP contribution in [0.25, 0.3) is 0 Å². The summed E-state index contributed by atoms with van der Waals surface area (Å²) in [5.41, 5.74) is 5.10. The van der Waals surface area contributed by atoms with E-state index in [4.69, 9.17) is 15.6 Å². The van der Waals surface area contributed by atoms with Crippen LogP contribution in [0.1, 0.15) is 26.7 Å². The summed E-state index contributed by atoms with van der Waals surface area (Å²) < 4.78 is 5.15. The van der Waals surface area contributed by atoms with Crippen LogP contribution in [-0.2, 0) is 33.5 Å². The van der Waals surface area contributed by atoms with Crippen molar-refractivity contribution < 1.29 is 83.5 Å². The van der Waals surface area contributed by atoms with Gasteiger partial charge >= 0.3 is 29.6 Å². The second kappa shape index (κ2) is 17.3. The second-order valence-corrected chi connectivity index (χ2v) is 7.04. The van der Waals surface area contributed by atoms with Crippen molar-refractivity contribution in [2.45, 2.75) is 63.1 Å². The van der Waals surface area contributed by atoms with Crippen LogP contribution < -0.4 is 56.3 Å². The van der Waals surface area contributed by atoms with Crippen LogP contribution in [0.5, 0.6) is 0 Å². The molecule has 8 N–H and O–H groups in total. The number of carboxylic acids is 1. The second-order valence-electron chi connectivity index (χ2n) is 7.04. The molecule has 0 aromatic heterocycles. The summed E-state index contributed by atoms with van der Waals surface area (Å²) in [5.74, 6) is -4.93. The molecule has 0 radical (unpaired) electrons. The van der Waals surface area contributed by atoms with Crippen LogP contribution in [0.4, 0.5) is 0 Å². The number of nitrogens with one attached hydrogen (secondary N) is 3. The molecule has 0 fully saturated rings. The molecule has 0 unspecified atom stereocenters. The van der Waals surface area contributed by atoms with Gasteiger partial charge in [-0.15, -0.1) is 0 Å². The third-order valence-corrected chi connectivity index (χ3v) is 4.26. The van der Waals surface area contributed by atoms with Crippen molar-refractivity contribution in [3.8, 4) is 0 Å². The molecule has 16 heteroatoms. The van der Waals surface area contributed by atoms with Gasteiger partial charge in [0, 0.05) is 12.9 Å². The molecule has 0 aromatic rings. The number of aliphatic hydroxyl groups excluding tert-OH is 3. The smallest absolute Gasteiger partial charge is 0.550 e. The first-order valence-electron chi connectivity index (χ1n) is 9.73. The van der Waals surface area contributed by atoms with Crippen molar-refractivity contribution in [1.82, 2.24) is 16.0 Å². The normalized spacial score (nSPS) is 15.8. The molecule has 0 rings (SSSR count). The number of carbonyl (C=O) groups excluding carboxylic acids is 6. The summed E-state index contributed by atoms with van der Waals surface area (Å²) in [4.78, 5) is 68.7. The van der Waals surface area contributed by atoms with Gasteiger partial charge < -0.3 is 56.4 Å². The van der Waals surface area contributed by atoms with E-state index >= 15 is 0 Å². The summed E-state index contributed by atoms with van der Waals surface area (Å²) in [6.07, 6.45) is -5.93. The predicted octanol–water partition coefficient (Wildman–Crippen LogP) is -9.20. The quantitative estimate of drug-likeness (QED) is 0.0773. The third kappa shape index (κ3) is 12.9. The zero-order valence-electron chi connectivity index (χ0n) is 19.1. The molecule has 4 amide bonds. The molecule has 34 heavy (non-hydrogen) atoms. The Hall–Kier alpha value is -2.14. The van der Waals surface area contributed by atoms with Gasteiger partial charge in [-0.2, -0.15) is 0 Å². The van der Waals surface area contributed by atoms with Crippen LogP contribution in [0, 0.1) is 0 Å². The van der Waals surface area contributed by atoms with Crippen molar-refractivity contribution in [2.75, 3.05) is 13.2 Å². The number of amides is 4. The summed E-state index contributed by atoms with van der Waals surface area (Å²) in [7, 11) is 0. The fourth-order valence-electron chi connectivity index (χ4n) is 2.54. The van der Waals surface area contributed by atoms with Crippen molar-refractivity contribution >= 4 is 35.9 Å². The fraction of sp³-hybridized carbons (Fsp3) is 0.667. The molecule has 0 bridgehead atoms. The monoisotopic (exact) mass is 500 g/mol. The SMILES string of the molecule is CC(=O)N[C@@H](C=O)[C@@H](OCC(=O)N[C@@H](C)C(=O)N[C@H](CCC(=O)[O-])C(N)=O)[C@H](O)[C@H](O)CO.[Na+]. The van der Waals surface area contributed by atoms with Gasteiger partial charge in [0.15, 0.2) is 0 Å². The molecule has 0 saturated carbocycles. The maximum atomic E-state index is 12.2. The van der Waals surface area contributed by atoms with Gasteiger partial charge in [-0.25, -0.2) is 0 Å². The molecular weight excluding hydrogens is 471 g/mol. The van der Waals surface area contributed by atoms with E-state index in [2.05, 4.69) is 16.0 Å². The number of ether oxygens (including phenoxy) is 1. The summed E-state index contributed by atoms with van der Waals surface area (Å²) in [6, 6.07) is -4.04. The van der Waals surface area contributed by atoms with Gasteiger partial charge in [0.1, 0.15) is 49.3 Å². The van der Waals surface area contributed by atoms with E-state index in [1.807, 2.05) is 0 Å². The summed E-state index contributed by atoms with van der Waals surface area (Å²) in [5, 5.41) is 45.7. The molecule has 0 aromatic carbocycles. The average molecular weight is 500 g/mol. The van der Waals surface area contributed by atoms with Crippen LogP contribution in [0.15, 0.2) is 0 Å². The van der Waals surface area contributed by atoms with Crippen LogP contribution in [0.2, 0.25) is 0 Å². The first kappa shape index (κ1) is 34.0. The molecule has 188 valence electrons. The Labute approximate surface area is 217 Å². The first-order chi connectivity index (χ1) is 15.3. The van der Waals surface area contributed by atoms with Crippen LogP contribution in [-0.4, -0.2) is 101 Å². The zero-order chi connectivity index (χ0) is 25.7. The number of rotatable bonds is 16. The standard InChI is InChI=1S/C18H30N4O11.Na/c1-8(18(32)22-10(17(19)31)3-4-14(28)29)20-13(27)7-33-16(15(30)12(26)6-24)11(5-23)21-9(2)25;/h5,8,10-12,15-16,24,26,30H,3-4,6-7H2,1-2H3,(H2,19,31)(H,20,27)(H,21,25)(H,22,32)(H,28,29);/q;+1/p-1/t8-,10+,11-,12+,15+,16+;/m0./s1. The number of primary amides is 1. The van der Waals surface area contributed by atoms with Gasteiger partial charge in [0.2, 0.25) is 23.6 Å². The minimum atomic E-state index is -1.87. The van der Waals surface area contributed by atoms with E-state index in [1.54, 1.807) is 0 Å². The van der Waals surface area contributed by atoms with Crippen molar-refractivity contribution in [1.29, 1.82) is 0 Å². The predicted molar refractivity (Wildman–Crippen MR) is 105 cm³/mol. The van der Waals surface area contributed by atoms with Crippen molar-refractivity contribution in [3.63, 3.8) is 0 Å². The van der Waals surface area contributed by atoms with Gasteiger partial charge in [-0.05, 0) is 19.8 Å². The van der Waals surface area contributed by atoms with Gasteiger partial charge in [0.05, 0.1) is 6.61 Å². The van der Waals surface area contributed by atoms with E-state index in [0.29, 0.717) is 0 Å². The molecule has 0 aliphatic heterocycles. The van der Waals surface area contributed by atoms with Crippen LogP contribution in [0.3, 0.4) is 0 Å². The zero-order valence-corrected chi connectivity index (χ0v) is 21.1. The van der Waals surface area contributed by atoms with E-state index in [9.17, 15) is 44.1 Å². The maximum Gasteiger partial charge on any atom is 1.00 e. The molecule has 0 aliphatic rings. The summed E-state index contributed by atoms with van der Waals surface area (Å²) in [6.45, 7) is 0.555. The minimum Gasteiger partial charge on any atom is -0.550 e. The summed E-state index contributed by atoms with van der Waals surface area (Å²) >= 11 is 0. The Morgan fingerprint density at radius 1 is 1.12 bits per heavy atom. The van der Waals surface area contributed by atoms with Crippen LogP contribution >= 0.6 is 0 Å². The Kier molecular flexibility index (Phi) is 17.3. The van der Waals surface area contributed by atoms with Crippen molar-refractivity contribution in [2.24, 2.45) is 5.73 Å². The Morgan fingerprint density at radius 3 is 2.15 bits per heavy atom. The molecular formula is C18H29N4NaO11. The first-order valence-corrected chi connectivity index (χ1v) is 9.73. The Morgan fingerprint density at radius 2 is 1.71 bits per heavy atom. The molecule has 15 nitrogen and oxygen atoms in total. The van der Waals surface area contributed by atoms with E-state index in [0.717, 1.165) is 6.92 Å². The number of aldehydes is 1. The van der Waals surface area contributed by atoms with E-state index in [-0.39, 0.29) is 42.3 Å². The van der Waals surface area contributed by atoms with Gasteiger partial charge in [-0.3, -0.25) is 19.2 Å². The Balaban J connectivity index is 0. The third-order valence-electron chi connectivity index (χ3n) is 4.26. The molecule has 0 saturated heterocycles. The minimum absolute atomic E-state index is 0. The number of hydrogen-bond donors (Lipinski definition) is 7. The number of hydrogen-bond acceptors (Lipinski definition) is 11. The van der Waals surface area contributed by atoms with Crippen molar-refractivity contribution in [3.05, 3.63) is 0 Å². The largest absolute Gasteiger partial charge is 1.00 e. The molecule has 6 atom stereocenters. The average Bonchev–Trinajstić information content (AvgIpc) is 2.73. The maximum absolute atomic E-state index is 12.2. The van der Waals surface area contributed by atoms with Gasteiger partial charge in [0.25, 0.3) is 0 Å². The Bertz CT molecular complexity index is 724. The topological polar surface area (TPSA) is 258 Å². The fourth-order valence-corrected chi connectivity index (χ4v) is 2.54.